The molecule has 1 aromatic rings. The van der Waals surface area contributed by atoms with Gasteiger partial charge in [-0.3, -0.25) is 15.6 Å². The van der Waals surface area contributed by atoms with E-state index >= 15 is 0 Å². The van der Waals surface area contributed by atoms with Gasteiger partial charge in [0.15, 0.2) is 16.6 Å². The second-order valence-electron chi connectivity index (χ2n) is 5.66. The van der Waals surface area contributed by atoms with Gasteiger partial charge in [-0.05, 0) is 37.2 Å². The zero-order chi connectivity index (χ0) is 18.9. The van der Waals surface area contributed by atoms with Gasteiger partial charge in [0.05, 0.1) is 7.11 Å². The summed E-state index contributed by atoms with van der Waals surface area (Å²) < 4.78 is 34.6. The Morgan fingerprint density at radius 3 is 2.69 bits per heavy atom. The molecule has 1 aliphatic carbocycles. The fourth-order valence-electron chi connectivity index (χ4n) is 2.66. The molecule has 9 heteroatoms. The first-order chi connectivity index (χ1) is 12.5. The highest BCUT2D eigenvalue weighted by atomic mass is 32.1. The van der Waals surface area contributed by atoms with Crippen molar-refractivity contribution in [3.05, 3.63) is 29.8 Å². The molecule has 0 radical (unpaired) electrons. The summed E-state index contributed by atoms with van der Waals surface area (Å²) in [4.78, 5) is 11.9. The Balaban J connectivity index is 1.91. The van der Waals surface area contributed by atoms with Crippen molar-refractivity contribution in [1.82, 2.24) is 16.2 Å². The van der Waals surface area contributed by atoms with Crippen LogP contribution >= 0.6 is 12.2 Å². The van der Waals surface area contributed by atoms with Crippen LogP contribution in [0.5, 0.6) is 11.5 Å². The number of carbonyl (C=O) groups excluding carboxylic acids is 1. The minimum atomic E-state index is -3.01. The van der Waals surface area contributed by atoms with Crippen LogP contribution in [0.2, 0.25) is 0 Å². The van der Waals surface area contributed by atoms with E-state index in [4.69, 9.17) is 17.0 Å². The minimum absolute atomic E-state index is 0.138. The number of alkyl halides is 2. The maximum Gasteiger partial charge on any atom is 0.387 e. The van der Waals surface area contributed by atoms with E-state index in [2.05, 4.69) is 20.9 Å². The first-order valence-corrected chi connectivity index (χ1v) is 8.57. The third kappa shape index (κ3) is 6.14. The van der Waals surface area contributed by atoms with Crippen LogP contribution in [0.3, 0.4) is 0 Å². The number of hydrogen-bond donors (Lipinski definition) is 3. The lowest BCUT2D eigenvalue weighted by Gasteiger charge is -2.15. The van der Waals surface area contributed by atoms with Gasteiger partial charge in [0.2, 0.25) is 0 Å². The topological polar surface area (TPSA) is 71.6 Å². The van der Waals surface area contributed by atoms with E-state index < -0.39 is 12.5 Å². The third-order valence-corrected chi connectivity index (χ3v) is 4.06. The zero-order valence-corrected chi connectivity index (χ0v) is 15.1. The molecule has 0 saturated heterocycles. The summed E-state index contributed by atoms with van der Waals surface area (Å²) in [5, 5.41) is 3.45. The summed E-state index contributed by atoms with van der Waals surface area (Å²) in [5.74, 6) is -0.486. The molecule has 0 unspecified atom stereocenters. The number of ether oxygens (including phenoxy) is 2. The fourth-order valence-corrected chi connectivity index (χ4v) is 2.87. The molecular formula is C17H21F2N3O3S. The molecule has 1 fully saturated rings. The van der Waals surface area contributed by atoms with Crippen LogP contribution in [0.1, 0.15) is 31.2 Å². The van der Waals surface area contributed by atoms with Gasteiger partial charge < -0.3 is 14.8 Å². The lowest BCUT2D eigenvalue weighted by Crippen LogP contribution is -2.48. The molecule has 1 aliphatic rings. The Hall–Kier alpha value is -2.42. The van der Waals surface area contributed by atoms with E-state index in [0.717, 1.165) is 12.8 Å². The van der Waals surface area contributed by atoms with Gasteiger partial charge >= 0.3 is 6.61 Å². The van der Waals surface area contributed by atoms with Crippen molar-refractivity contribution in [3.63, 3.8) is 0 Å². The monoisotopic (exact) mass is 385 g/mol. The Bertz CT molecular complexity index is 665. The standard InChI is InChI=1S/C17H21F2N3O3S/c1-24-13-8-4-5-11(15(13)25-16(18)19)9-10-14(23)21-22-17(26)20-12-6-2-3-7-12/h4-5,8-10,12,16H,2-3,6-7H2,1H3,(H,21,23)(H2,20,22,26)/b10-9+. The van der Waals surface area contributed by atoms with Crippen LogP contribution in [-0.4, -0.2) is 30.8 Å². The minimum Gasteiger partial charge on any atom is -0.493 e. The number of nitrogens with one attached hydrogen (secondary N) is 3. The number of para-hydroxylation sites is 1. The highest BCUT2D eigenvalue weighted by Gasteiger charge is 2.16. The smallest absolute Gasteiger partial charge is 0.387 e. The van der Waals surface area contributed by atoms with Crippen molar-refractivity contribution in [3.8, 4) is 11.5 Å². The summed E-state index contributed by atoms with van der Waals surface area (Å²) in [6.45, 7) is -3.01. The van der Waals surface area contributed by atoms with Crippen LogP contribution in [0, 0.1) is 0 Å². The van der Waals surface area contributed by atoms with Gasteiger partial charge in [-0.15, -0.1) is 0 Å². The normalized spacial score (nSPS) is 14.5. The lowest BCUT2D eigenvalue weighted by atomic mass is 10.1. The van der Waals surface area contributed by atoms with Crippen LogP contribution in [-0.2, 0) is 4.79 Å². The summed E-state index contributed by atoms with van der Waals surface area (Å²) in [6.07, 6.45) is 6.97. The van der Waals surface area contributed by atoms with Gasteiger partial charge in [0.25, 0.3) is 5.91 Å². The van der Waals surface area contributed by atoms with E-state index in [9.17, 15) is 13.6 Å². The van der Waals surface area contributed by atoms with Crippen LogP contribution < -0.4 is 25.6 Å². The van der Waals surface area contributed by atoms with Crippen molar-refractivity contribution >= 4 is 29.3 Å². The molecule has 2 rings (SSSR count). The van der Waals surface area contributed by atoms with Crippen LogP contribution in [0.15, 0.2) is 24.3 Å². The molecule has 6 nitrogen and oxygen atoms in total. The van der Waals surface area contributed by atoms with Crippen molar-refractivity contribution in [1.29, 1.82) is 0 Å². The summed E-state index contributed by atoms with van der Waals surface area (Å²) in [7, 11) is 1.34. The third-order valence-electron chi connectivity index (χ3n) is 3.84. The molecule has 142 valence electrons. The van der Waals surface area contributed by atoms with Crippen molar-refractivity contribution in [2.45, 2.75) is 38.3 Å². The van der Waals surface area contributed by atoms with Crippen molar-refractivity contribution in [2.75, 3.05) is 7.11 Å². The Labute approximate surface area is 155 Å². The number of rotatable bonds is 6. The van der Waals surface area contributed by atoms with Gasteiger partial charge in [-0.1, -0.05) is 25.0 Å². The fraction of sp³-hybridized carbons (Fsp3) is 0.412. The van der Waals surface area contributed by atoms with Gasteiger partial charge in [-0.2, -0.15) is 8.78 Å². The molecular weight excluding hydrogens is 364 g/mol. The Morgan fingerprint density at radius 2 is 2.04 bits per heavy atom. The number of thiocarbonyl (C=S) groups is 1. The highest BCUT2D eigenvalue weighted by molar-refractivity contribution is 7.80. The SMILES string of the molecule is COc1cccc(/C=C/C(=O)NNC(=S)NC2CCCC2)c1OC(F)F. The molecule has 0 aliphatic heterocycles. The lowest BCUT2D eigenvalue weighted by molar-refractivity contribution is -0.116. The van der Waals surface area contributed by atoms with Crippen LogP contribution in [0.4, 0.5) is 8.78 Å². The summed E-state index contributed by atoms with van der Waals surface area (Å²) in [6, 6.07) is 4.95. The molecule has 0 bridgehead atoms. The molecule has 0 atom stereocenters. The number of benzene rings is 1. The highest BCUT2D eigenvalue weighted by Crippen LogP contribution is 2.33. The number of halogens is 2. The number of amides is 1. The van der Waals surface area contributed by atoms with E-state index in [1.165, 1.54) is 44.2 Å². The van der Waals surface area contributed by atoms with Gasteiger partial charge in [-0.25, -0.2) is 0 Å². The van der Waals surface area contributed by atoms with E-state index in [1.807, 2.05) is 0 Å². The predicted octanol–water partition coefficient (Wildman–Crippen LogP) is 2.75. The quantitative estimate of drug-likeness (QED) is 0.397. The van der Waals surface area contributed by atoms with E-state index in [0.29, 0.717) is 11.2 Å². The van der Waals surface area contributed by atoms with E-state index in [1.54, 1.807) is 6.07 Å². The first-order valence-electron chi connectivity index (χ1n) is 8.16. The number of hydrogen-bond acceptors (Lipinski definition) is 4. The maximum atomic E-state index is 12.6. The van der Waals surface area contributed by atoms with Crippen molar-refractivity contribution in [2.24, 2.45) is 0 Å². The molecule has 0 spiro atoms. The Kier molecular flexibility index (Phi) is 7.58. The number of methoxy groups -OCH3 is 1. The molecule has 1 saturated carbocycles. The molecule has 1 amide bonds. The number of hydrazine groups is 1. The predicted molar refractivity (Wildman–Crippen MR) is 97.9 cm³/mol. The maximum absolute atomic E-state index is 12.6. The van der Waals surface area contributed by atoms with Crippen molar-refractivity contribution < 1.29 is 23.0 Å². The zero-order valence-electron chi connectivity index (χ0n) is 14.3. The first kappa shape index (κ1) is 19.9. The summed E-state index contributed by atoms with van der Waals surface area (Å²) >= 11 is 5.11. The molecule has 0 heterocycles. The van der Waals surface area contributed by atoms with Gasteiger partial charge in [0.1, 0.15) is 0 Å². The summed E-state index contributed by atoms with van der Waals surface area (Å²) in [5.41, 5.74) is 5.31. The Morgan fingerprint density at radius 1 is 1.31 bits per heavy atom. The molecule has 26 heavy (non-hydrogen) atoms. The molecule has 1 aromatic carbocycles. The average Bonchev–Trinajstić information content (AvgIpc) is 3.11. The van der Waals surface area contributed by atoms with E-state index in [-0.39, 0.29) is 17.1 Å². The molecule has 3 N–H and O–H groups in total. The van der Waals surface area contributed by atoms with Crippen LogP contribution in [0.25, 0.3) is 6.08 Å². The molecule has 0 aromatic heterocycles. The average molecular weight is 385 g/mol. The second-order valence-corrected chi connectivity index (χ2v) is 6.07. The van der Waals surface area contributed by atoms with Gasteiger partial charge in [0, 0.05) is 17.7 Å². The second kappa shape index (κ2) is 9.91. The largest absolute Gasteiger partial charge is 0.493 e. The number of carbonyl (C=O) groups is 1.